The van der Waals surface area contributed by atoms with Crippen LogP contribution in [0.2, 0.25) is 0 Å². The molecule has 13 heteroatoms. The summed E-state index contributed by atoms with van der Waals surface area (Å²) in [5.74, 6) is -1.00. The summed E-state index contributed by atoms with van der Waals surface area (Å²) in [5.41, 5.74) is 5.79. The van der Waals surface area contributed by atoms with Crippen molar-refractivity contribution in [3.8, 4) is 11.8 Å². The van der Waals surface area contributed by atoms with Gasteiger partial charge >= 0.3 is 6.09 Å². The van der Waals surface area contributed by atoms with Crippen LogP contribution in [0.25, 0.3) is 5.69 Å². The molecule has 0 aliphatic carbocycles. The zero-order chi connectivity index (χ0) is 25.0. The fourth-order valence-corrected chi connectivity index (χ4v) is 4.18. The van der Waals surface area contributed by atoms with Crippen molar-refractivity contribution < 1.29 is 18.7 Å². The molecular weight excluding hydrogens is 457 g/mol. The van der Waals surface area contributed by atoms with E-state index < -0.39 is 23.7 Å². The van der Waals surface area contributed by atoms with Gasteiger partial charge in [0.05, 0.1) is 37.7 Å². The molecule has 3 N–H and O–H groups in total. The number of hydrogen-bond donors (Lipinski definition) is 2. The molecule has 0 spiro atoms. The second-order valence-electron chi connectivity index (χ2n) is 8.19. The van der Waals surface area contributed by atoms with Gasteiger partial charge in [0.1, 0.15) is 17.3 Å². The minimum atomic E-state index is -1.48. The summed E-state index contributed by atoms with van der Waals surface area (Å²) >= 11 is 0. The van der Waals surface area contributed by atoms with E-state index >= 15 is 4.39 Å². The summed E-state index contributed by atoms with van der Waals surface area (Å²) in [7, 11) is 1.16. The molecule has 4 rings (SSSR count). The monoisotopic (exact) mass is 481 g/mol. The van der Waals surface area contributed by atoms with E-state index in [0.29, 0.717) is 13.1 Å². The number of carbonyl (C=O) groups excluding carboxylic acids is 2. The Hall–Kier alpha value is -4.31. The predicted molar refractivity (Wildman–Crippen MR) is 121 cm³/mol. The Balaban J connectivity index is 1.52. The number of ether oxygens (including phenoxy) is 1. The van der Waals surface area contributed by atoms with Crippen molar-refractivity contribution in [3.63, 3.8) is 0 Å². The van der Waals surface area contributed by atoms with E-state index in [0.717, 1.165) is 18.4 Å². The van der Waals surface area contributed by atoms with Crippen LogP contribution >= 0.6 is 0 Å². The highest BCUT2D eigenvalue weighted by atomic mass is 19.1. The minimum absolute atomic E-state index is 0.0513. The first-order chi connectivity index (χ1) is 16.9. The lowest BCUT2D eigenvalue weighted by molar-refractivity contribution is 0.00694. The Labute approximate surface area is 200 Å². The predicted octanol–water partition coefficient (Wildman–Crippen LogP) is 1.59. The third-order valence-corrected chi connectivity index (χ3v) is 6.08. The molecule has 2 aromatic heterocycles. The first-order valence-corrected chi connectivity index (χ1v) is 10.8. The number of aromatic nitrogens is 5. The van der Waals surface area contributed by atoms with E-state index in [2.05, 4.69) is 25.3 Å². The third-order valence-electron chi connectivity index (χ3n) is 6.08. The molecular formula is C22H24FN9O3. The van der Waals surface area contributed by atoms with Gasteiger partial charge in [0.2, 0.25) is 0 Å². The quantitative estimate of drug-likeness (QED) is 0.515. The molecule has 35 heavy (non-hydrogen) atoms. The van der Waals surface area contributed by atoms with Gasteiger partial charge in [-0.3, -0.25) is 19.7 Å². The highest BCUT2D eigenvalue weighted by molar-refractivity contribution is 6.00. The van der Waals surface area contributed by atoms with Gasteiger partial charge in [-0.05, 0) is 24.1 Å². The van der Waals surface area contributed by atoms with E-state index in [1.165, 1.54) is 15.7 Å². The van der Waals surface area contributed by atoms with Gasteiger partial charge in [-0.2, -0.15) is 25.4 Å². The van der Waals surface area contributed by atoms with E-state index in [-0.39, 0.29) is 30.8 Å². The molecule has 0 saturated carbocycles. The minimum Gasteiger partial charge on any atom is -0.453 e. The summed E-state index contributed by atoms with van der Waals surface area (Å²) < 4.78 is 21.5. The lowest BCUT2D eigenvalue weighted by Crippen LogP contribution is -2.54. The standard InChI is InChI=1S/C22H24FN9O3/c1-35-21(34)28-20-17(19(25)33)13-31(29-20)22(6-8-24)7-11-30(14-18(22)23)12-15-2-4-16(5-3-15)32-26-9-10-27-32/h2-5,9-10,13,18H,6-7,11-12,14H2,1H3,(H2,25,33)(H,28,29,34). The molecule has 3 aromatic rings. The number of nitrogens with two attached hydrogens (primary N) is 1. The van der Waals surface area contributed by atoms with Crippen molar-refractivity contribution >= 4 is 17.8 Å². The smallest absolute Gasteiger partial charge is 0.412 e. The Morgan fingerprint density at radius 2 is 2.03 bits per heavy atom. The number of nitrogens with zero attached hydrogens (tertiary/aromatic N) is 7. The molecule has 1 aliphatic rings. The van der Waals surface area contributed by atoms with Crippen molar-refractivity contribution in [2.75, 3.05) is 25.5 Å². The number of nitrogens with one attached hydrogen (secondary N) is 1. The van der Waals surface area contributed by atoms with E-state index in [1.807, 2.05) is 35.2 Å². The van der Waals surface area contributed by atoms with Crippen molar-refractivity contribution in [2.45, 2.75) is 31.1 Å². The van der Waals surface area contributed by atoms with Crippen molar-refractivity contribution in [1.29, 1.82) is 5.26 Å². The Bertz CT molecular complexity index is 1240. The number of nitriles is 1. The topological polar surface area (TPSA) is 157 Å². The SMILES string of the molecule is COC(=O)Nc1nn(C2(CC#N)CCN(Cc3ccc(-n4nccn4)cc3)CC2F)cc1C(N)=O. The molecule has 1 aliphatic heterocycles. The maximum atomic E-state index is 15.7. The average Bonchev–Trinajstić information content (AvgIpc) is 3.52. The van der Waals surface area contributed by atoms with Crippen molar-refractivity contribution in [3.05, 3.63) is 54.0 Å². The number of amides is 2. The van der Waals surface area contributed by atoms with Crippen molar-refractivity contribution in [2.24, 2.45) is 5.73 Å². The van der Waals surface area contributed by atoms with Gasteiger partial charge in [0.15, 0.2) is 5.82 Å². The largest absolute Gasteiger partial charge is 0.453 e. The van der Waals surface area contributed by atoms with Crippen molar-refractivity contribution in [1.82, 2.24) is 29.7 Å². The molecule has 3 heterocycles. The maximum Gasteiger partial charge on any atom is 0.412 e. The molecule has 0 bridgehead atoms. The molecule has 2 unspecified atom stereocenters. The van der Waals surface area contributed by atoms with Gasteiger partial charge in [-0.15, -0.1) is 0 Å². The van der Waals surface area contributed by atoms with Gasteiger partial charge in [0, 0.05) is 25.8 Å². The lowest BCUT2D eigenvalue weighted by atomic mass is 9.83. The summed E-state index contributed by atoms with van der Waals surface area (Å²) in [6, 6.07) is 9.67. The fraction of sp³-hybridized carbons (Fsp3) is 0.364. The van der Waals surface area contributed by atoms with Crippen LogP contribution in [-0.4, -0.2) is 68.0 Å². The van der Waals surface area contributed by atoms with E-state index in [1.54, 1.807) is 12.4 Å². The molecule has 0 radical (unpaired) electrons. The number of primary amides is 1. The number of halogens is 1. The van der Waals surface area contributed by atoms with Crippen LogP contribution in [-0.2, 0) is 16.8 Å². The summed E-state index contributed by atoms with van der Waals surface area (Å²) in [6.45, 7) is 1.04. The van der Waals surface area contributed by atoms with E-state index in [9.17, 15) is 14.9 Å². The lowest BCUT2D eigenvalue weighted by Gasteiger charge is -2.43. The number of alkyl halides is 1. The molecule has 1 fully saturated rings. The molecule has 1 aromatic carbocycles. The normalized spacial score (nSPS) is 20.2. The first-order valence-electron chi connectivity index (χ1n) is 10.8. The number of likely N-dealkylation sites (tertiary alicyclic amines) is 1. The molecule has 1 saturated heterocycles. The first kappa shape index (κ1) is 23.8. The number of anilines is 1. The summed E-state index contributed by atoms with van der Waals surface area (Å²) in [4.78, 5) is 27.0. The maximum absolute atomic E-state index is 15.7. The number of benzene rings is 1. The van der Waals surface area contributed by atoms with Crippen LogP contribution in [0.4, 0.5) is 15.0 Å². The third kappa shape index (κ3) is 4.82. The van der Waals surface area contributed by atoms with Crippen LogP contribution in [0.1, 0.15) is 28.8 Å². The highest BCUT2D eigenvalue weighted by Gasteiger charge is 2.46. The Morgan fingerprint density at radius 3 is 2.63 bits per heavy atom. The van der Waals surface area contributed by atoms with Crippen LogP contribution < -0.4 is 11.1 Å². The van der Waals surface area contributed by atoms with Crippen LogP contribution in [0.5, 0.6) is 0 Å². The number of rotatable bonds is 7. The number of carbonyl (C=O) groups is 2. The highest BCUT2D eigenvalue weighted by Crippen LogP contribution is 2.37. The zero-order valence-corrected chi connectivity index (χ0v) is 19.0. The number of piperidine rings is 1. The second-order valence-corrected chi connectivity index (χ2v) is 8.19. The Kier molecular flexibility index (Phi) is 6.74. The summed E-state index contributed by atoms with van der Waals surface area (Å²) in [6.07, 6.45) is 2.21. The van der Waals surface area contributed by atoms with E-state index in [4.69, 9.17) is 5.73 Å². The number of methoxy groups -OCH3 is 1. The summed E-state index contributed by atoms with van der Waals surface area (Å²) in [5, 5.41) is 24.2. The van der Waals surface area contributed by atoms with Crippen LogP contribution in [0.15, 0.2) is 42.9 Å². The Morgan fingerprint density at radius 1 is 1.31 bits per heavy atom. The van der Waals surface area contributed by atoms with Gasteiger partial charge in [-0.25, -0.2) is 9.18 Å². The second kappa shape index (κ2) is 9.90. The number of hydrogen-bond acceptors (Lipinski definition) is 8. The average molecular weight is 481 g/mol. The molecule has 2 atom stereocenters. The molecule has 182 valence electrons. The van der Waals surface area contributed by atoms with Gasteiger partial charge in [-0.1, -0.05) is 12.1 Å². The fourth-order valence-electron chi connectivity index (χ4n) is 4.18. The van der Waals surface area contributed by atoms with Gasteiger partial charge < -0.3 is 10.5 Å². The molecule has 2 amide bonds. The molecule has 12 nitrogen and oxygen atoms in total. The van der Waals surface area contributed by atoms with Crippen LogP contribution in [0.3, 0.4) is 0 Å². The van der Waals surface area contributed by atoms with Crippen LogP contribution in [0, 0.1) is 11.3 Å². The zero-order valence-electron chi connectivity index (χ0n) is 19.0. The van der Waals surface area contributed by atoms with Gasteiger partial charge in [0.25, 0.3) is 5.91 Å².